The molecule has 3 N–H and O–H groups in total. The second-order valence-electron chi connectivity index (χ2n) is 9.91. The van der Waals surface area contributed by atoms with Gasteiger partial charge in [-0.3, -0.25) is 14.9 Å². The lowest BCUT2D eigenvalue weighted by Gasteiger charge is -2.57. The zero-order chi connectivity index (χ0) is 23.0. The number of carbonyl (C=O) groups excluding carboxylic acids is 1. The molecule has 2 aromatic carbocycles. The standard InChI is InChI=1S/C25H30N4O4/c1-33-19-6-7-22(23(11-19)29(31)32)27-24(30)15-26-20-4-2-3-5-21(20)28-25-12-16-8-17(13-25)10-18(9-16)14-25/h2-7,11,16-18,26,28H,8-10,12-15H2,1H3,(H,27,30). The van der Waals surface area contributed by atoms with Crippen LogP contribution in [0.3, 0.4) is 0 Å². The fraction of sp³-hybridized carbons (Fsp3) is 0.480. The lowest BCUT2D eigenvalue weighted by atomic mass is 9.53. The Morgan fingerprint density at radius 1 is 1.03 bits per heavy atom. The van der Waals surface area contributed by atoms with Gasteiger partial charge in [-0.1, -0.05) is 12.1 Å². The molecule has 4 aliphatic carbocycles. The van der Waals surface area contributed by atoms with E-state index in [-0.39, 0.29) is 29.4 Å². The smallest absolute Gasteiger partial charge is 0.296 e. The van der Waals surface area contributed by atoms with Crippen molar-refractivity contribution in [1.29, 1.82) is 0 Å². The number of para-hydroxylation sites is 2. The quantitative estimate of drug-likeness (QED) is 0.385. The number of hydrogen-bond acceptors (Lipinski definition) is 6. The number of anilines is 3. The Balaban J connectivity index is 1.25. The Morgan fingerprint density at radius 3 is 2.27 bits per heavy atom. The third-order valence-electron chi connectivity index (χ3n) is 7.48. The van der Waals surface area contributed by atoms with E-state index in [1.54, 1.807) is 6.07 Å². The molecule has 0 heterocycles. The third kappa shape index (κ3) is 4.47. The number of ether oxygens (including phenoxy) is 1. The number of rotatable bonds is 8. The van der Waals surface area contributed by atoms with Crippen LogP contribution in [0.4, 0.5) is 22.7 Å². The second kappa shape index (κ2) is 8.57. The molecule has 0 spiro atoms. The summed E-state index contributed by atoms with van der Waals surface area (Å²) in [7, 11) is 1.44. The van der Waals surface area contributed by atoms with Crippen LogP contribution < -0.4 is 20.7 Å². The first-order chi connectivity index (χ1) is 15.9. The van der Waals surface area contributed by atoms with Crippen LogP contribution in [0.25, 0.3) is 0 Å². The van der Waals surface area contributed by atoms with Gasteiger partial charge in [-0.15, -0.1) is 0 Å². The average molecular weight is 451 g/mol. The summed E-state index contributed by atoms with van der Waals surface area (Å²) in [6.07, 6.45) is 7.86. The van der Waals surface area contributed by atoms with Gasteiger partial charge in [-0.2, -0.15) is 0 Å². The number of nitrogens with zero attached hydrogens (tertiary/aromatic N) is 1. The van der Waals surface area contributed by atoms with Crippen LogP contribution >= 0.6 is 0 Å². The molecule has 0 saturated heterocycles. The Bertz CT molecular complexity index is 1030. The minimum Gasteiger partial charge on any atom is -0.496 e. The second-order valence-corrected chi connectivity index (χ2v) is 9.91. The van der Waals surface area contributed by atoms with Crippen molar-refractivity contribution >= 4 is 28.7 Å². The first-order valence-electron chi connectivity index (χ1n) is 11.7. The van der Waals surface area contributed by atoms with Crippen LogP contribution in [-0.4, -0.2) is 30.0 Å². The highest BCUT2D eigenvalue weighted by Gasteiger charge is 2.51. The summed E-state index contributed by atoms with van der Waals surface area (Å²) >= 11 is 0. The molecular weight excluding hydrogens is 420 g/mol. The fourth-order valence-electron chi connectivity index (χ4n) is 6.56. The highest BCUT2D eigenvalue weighted by Crippen LogP contribution is 2.56. The molecule has 174 valence electrons. The van der Waals surface area contributed by atoms with Gasteiger partial charge in [-0.25, -0.2) is 0 Å². The van der Waals surface area contributed by atoms with E-state index in [0.29, 0.717) is 5.75 Å². The molecule has 8 nitrogen and oxygen atoms in total. The van der Waals surface area contributed by atoms with Crippen molar-refractivity contribution in [2.24, 2.45) is 17.8 Å². The molecular formula is C25H30N4O4. The maximum absolute atomic E-state index is 12.6. The van der Waals surface area contributed by atoms with Crippen LogP contribution in [0, 0.1) is 27.9 Å². The Morgan fingerprint density at radius 2 is 1.67 bits per heavy atom. The zero-order valence-corrected chi connectivity index (χ0v) is 18.8. The van der Waals surface area contributed by atoms with Gasteiger partial charge in [0, 0.05) is 5.54 Å². The van der Waals surface area contributed by atoms with Crippen molar-refractivity contribution in [3.05, 3.63) is 52.6 Å². The molecule has 4 saturated carbocycles. The van der Waals surface area contributed by atoms with Gasteiger partial charge < -0.3 is 20.7 Å². The van der Waals surface area contributed by atoms with Crippen LogP contribution in [0.5, 0.6) is 5.75 Å². The first kappa shape index (κ1) is 21.6. The van der Waals surface area contributed by atoms with Gasteiger partial charge in [0.15, 0.2) is 0 Å². The van der Waals surface area contributed by atoms with Crippen molar-refractivity contribution in [3.63, 3.8) is 0 Å². The number of methoxy groups -OCH3 is 1. The summed E-state index contributed by atoms with van der Waals surface area (Å²) in [6, 6.07) is 12.3. The molecule has 6 rings (SSSR count). The maximum Gasteiger partial charge on any atom is 0.296 e. The van der Waals surface area contributed by atoms with Crippen LogP contribution in [-0.2, 0) is 4.79 Å². The molecule has 0 aromatic heterocycles. The lowest BCUT2D eigenvalue weighted by Crippen LogP contribution is -2.54. The van der Waals surface area contributed by atoms with E-state index in [1.807, 2.05) is 18.2 Å². The van der Waals surface area contributed by atoms with Crippen LogP contribution in [0.2, 0.25) is 0 Å². The number of hydrogen-bond donors (Lipinski definition) is 3. The van der Waals surface area contributed by atoms with Gasteiger partial charge in [0.2, 0.25) is 5.91 Å². The third-order valence-corrected chi connectivity index (χ3v) is 7.48. The number of amides is 1. The topological polar surface area (TPSA) is 106 Å². The van der Waals surface area contributed by atoms with Crippen molar-refractivity contribution in [1.82, 2.24) is 0 Å². The summed E-state index contributed by atoms with van der Waals surface area (Å²) in [5.74, 6) is 2.54. The monoisotopic (exact) mass is 450 g/mol. The van der Waals surface area contributed by atoms with E-state index in [9.17, 15) is 14.9 Å². The minimum atomic E-state index is -0.531. The Labute approximate surface area is 193 Å². The van der Waals surface area contributed by atoms with E-state index < -0.39 is 4.92 Å². The average Bonchev–Trinajstić information content (AvgIpc) is 2.77. The molecule has 0 aliphatic heterocycles. The summed E-state index contributed by atoms with van der Waals surface area (Å²) < 4.78 is 5.05. The number of nitro groups is 1. The minimum absolute atomic E-state index is 0.00273. The van der Waals surface area contributed by atoms with E-state index in [2.05, 4.69) is 22.0 Å². The lowest BCUT2D eigenvalue weighted by molar-refractivity contribution is -0.384. The van der Waals surface area contributed by atoms with Crippen LogP contribution in [0.1, 0.15) is 38.5 Å². The number of nitro benzene ring substituents is 1. The summed E-state index contributed by atoms with van der Waals surface area (Å²) in [6.45, 7) is 0.00273. The highest BCUT2D eigenvalue weighted by atomic mass is 16.6. The molecule has 33 heavy (non-hydrogen) atoms. The summed E-state index contributed by atoms with van der Waals surface area (Å²) in [5, 5.41) is 21.1. The van der Waals surface area contributed by atoms with E-state index in [4.69, 9.17) is 4.74 Å². The van der Waals surface area contributed by atoms with Gasteiger partial charge in [0.1, 0.15) is 11.4 Å². The first-order valence-corrected chi connectivity index (χ1v) is 11.7. The molecule has 4 bridgehead atoms. The predicted octanol–water partition coefficient (Wildman–Crippen LogP) is 5.03. The van der Waals surface area contributed by atoms with Crippen LogP contribution in [0.15, 0.2) is 42.5 Å². The summed E-state index contributed by atoms with van der Waals surface area (Å²) in [5.41, 5.74) is 1.99. The number of nitrogens with one attached hydrogen (secondary N) is 3. The number of benzene rings is 2. The normalized spacial score (nSPS) is 27.1. The molecule has 0 unspecified atom stereocenters. The summed E-state index contributed by atoms with van der Waals surface area (Å²) in [4.78, 5) is 23.4. The fourth-order valence-corrected chi connectivity index (χ4v) is 6.56. The largest absolute Gasteiger partial charge is 0.496 e. The molecule has 0 atom stereocenters. The van der Waals surface area contributed by atoms with E-state index in [0.717, 1.165) is 29.1 Å². The Hall–Kier alpha value is -3.29. The number of carbonyl (C=O) groups is 1. The molecule has 1 amide bonds. The van der Waals surface area contributed by atoms with Gasteiger partial charge >= 0.3 is 0 Å². The zero-order valence-electron chi connectivity index (χ0n) is 18.8. The van der Waals surface area contributed by atoms with Crippen molar-refractivity contribution in [3.8, 4) is 5.75 Å². The SMILES string of the molecule is COc1ccc(NC(=O)CNc2ccccc2NC23CC4CC(CC(C4)C2)C3)c([N+](=O)[O-])c1. The van der Waals surface area contributed by atoms with Gasteiger partial charge in [0.05, 0.1) is 36.0 Å². The van der Waals surface area contributed by atoms with Gasteiger partial charge in [0.25, 0.3) is 5.69 Å². The molecule has 4 fully saturated rings. The molecule has 4 aliphatic rings. The Kier molecular flexibility index (Phi) is 5.60. The maximum atomic E-state index is 12.6. The molecule has 8 heteroatoms. The van der Waals surface area contributed by atoms with Crippen molar-refractivity contribution < 1.29 is 14.5 Å². The van der Waals surface area contributed by atoms with Gasteiger partial charge in [-0.05, 0) is 80.5 Å². The predicted molar refractivity (Wildman–Crippen MR) is 128 cm³/mol. The van der Waals surface area contributed by atoms with Crippen molar-refractivity contribution in [2.75, 3.05) is 29.6 Å². The highest BCUT2D eigenvalue weighted by molar-refractivity contribution is 5.96. The molecule has 0 radical (unpaired) electrons. The van der Waals surface area contributed by atoms with Crippen molar-refractivity contribution in [2.45, 2.75) is 44.1 Å². The molecule has 2 aromatic rings. The van der Waals surface area contributed by atoms with E-state index >= 15 is 0 Å². The van der Waals surface area contributed by atoms with E-state index in [1.165, 1.54) is 57.8 Å².